The maximum absolute atomic E-state index is 12.7. The lowest BCUT2D eigenvalue weighted by Gasteiger charge is -2.20. The van der Waals surface area contributed by atoms with Gasteiger partial charge in [0.2, 0.25) is 5.89 Å². The molecular weight excluding hydrogens is 927 g/mol. The van der Waals surface area contributed by atoms with Crippen molar-refractivity contribution >= 4 is 35.7 Å². The molecule has 0 saturated carbocycles. The van der Waals surface area contributed by atoms with E-state index in [1.165, 1.54) is 4.88 Å². The summed E-state index contributed by atoms with van der Waals surface area (Å²) in [5.41, 5.74) is 9.94. The molecule has 0 spiro atoms. The van der Waals surface area contributed by atoms with Crippen molar-refractivity contribution in [2.75, 3.05) is 33.9 Å². The number of methoxy groups -OCH3 is 2. The minimum atomic E-state index is -0.403. The molecule has 0 radical (unpaired) electrons. The van der Waals surface area contributed by atoms with Crippen molar-refractivity contribution in [1.82, 2.24) is 24.8 Å². The number of ether oxygens (including phenoxy) is 5. The molecule has 368 valence electrons. The summed E-state index contributed by atoms with van der Waals surface area (Å²) in [6.45, 7) is 10.3. The van der Waals surface area contributed by atoms with E-state index in [4.69, 9.17) is 33.1 Å². The second kappa shape index (κ2) is 26.0. The van der Waals surface area contributed by atoms with Crippen LogP contribution in [-0.4, -0.2) is 70.9 Å². The van der Waals surface area contributed by atoms with Gasteiger partial charge in [-0.25, -0.2) is 19.6 Å². The number of benzene rings is 5. The number of aryl methyl sites for hydroxylation is 2. The number of nitrogens with zero attached hydrogens (tertiary/aromatic N) is 5. The molecule has 0 aliphatic carbocycles. The molecule has 0 N–H and O–H groups in total. The van der Waals surface area contributed by atoms with E-state index < -0.39 is 12.2 Å². The zero-order chi connectivity index (χ0) is 50.7. The first-order valence-corrected chi connectivity index (χ1v) is 24.3. The Bertz CT molecular complexity index is 3040. The fourth-order valence-electron chi connectivity index (χ4n) is 7.15. The van der Waals surface area contributed by atoms with Crippen LogP contribution in [0.15, 0.2) is 162 Å². The highest BCUT2D eigenvalue weighted by Crippen LogP contribution is 2.28. The number of thiazole rings is 1. The van der Waals surface area contributed by atoms with Crippen molar-refractivity contribution in [1.29, 1.82) is 0 Å². The van der Waals surface area contributed by atoms with E-state index >= 15 is 0 Å². The summed E-state index contributed by atoms with van der Waals surface area (Å²) in [5.74, 6) is 4.47. The van der Waals surface area contributed by atoms with Crippen LogP contribution in [-0.2, 0) is 19.5 Å². The van der Waals surface area contributed by atoms with Crippen molar-refractivity contribution in [2.24, 2.45) is 0 Å². The second-order valence-corrected chi connectivity index (χ2v) is 17.3. The number of hydrogen-bond acceptors (Lipinski definition) is 12. The first kappa shape index (κ1) is 51.4. The molecule has 0 aliphatic rings. The number of oxazole rings is 1. The van der Waals surface area contributed by atoms with Gasteiger partial charge in [-0.1, -0.05) is 48.5 Å². The topological polar surface area (TPSA) is 139 Å². The SMILES string of the molecule is CCN(Cc1ccc(OCCc2nc(-c3ccncc3)sc2C)cc1)C(=O)Oc1ccc(OC)cc1.CCN(Cc1cccc(C=C=Cc2nc(-c3ccccc3)oc2C)c1)C(=O)Oc1ccc(OC)cc1. The Morgan fingerprint density at radius 3 is 1.82 bits per heavy atom. The van der Waals surface area contributed by atoms with Crippen LogP contribution in [0.4, 0.5) is 9.59 Å². The van der Waals surface area contributed by atoms with Gasteiger partial charge in [0.15, 0.2) is 0 Å². The molecule has 0 saturated heterocycles. The molecule has 3 aromatic heterocycles. The third-order valence-corrected chi connectivity index (χ3v) is 12.2. The van der Waals surface area contributed by atoms with E-state index in [1.54, 1.807) is 96.3 Å². The summed E-state index contributed by atoms with van der Waals surface area (Å²) in [6, 6.07) is 43.3. The Morgan fingerprint density at radius 2 is 1.22 bits per heavy atom. The number of carbonyl (C=O) groups is 2. The Hall–Kier alpha value is -8.45. The molecule has 8 rings (SSSR count). The van der Waals surface area contributed by atoms with Crippen molar-refractivity contribution in [2.45, 2.75) is 47.2 Å². The fraction of sp³-hybridized carbons (Fsp3) is 0.207. The van der Waals surface area contributed by atoms with Crippen molar-refractivity contribution in [3.63, 3.8) is 0 Å². The summed E-state index contributed by atoms with van der Waals surface area (Å²) in [7, 11) is 3.19. The monoisotopic (exact) mass is 983 g/mol. The third kappa shape index (κ3) is 14.8. The number of pyridine rings is 1. The highest BCUT2D eigenvalue weighted by molar-refractivity contribution is 7.15. The van der Waals surface area contributed by atoms with Crippen molar-refractivity contribution < 1.29 is 37.7 Å². The summed E-state index contributed by atoms with van der Waals surface area (Å²) in [4.78, 5) is 43.2. The average molecular weight is 984 g/mol. The maximum Gasteiger partial charge on any atom is 0.415 e. The standard InChI is InChI=1S/C30H28N2O4.C28H29N3O4S/c1-4-32(30(33)36-27-18-16-26(34-3)17-19-27)21-24-12-8-10-23(20-24)11-9-15-28-22(2)35-29(31-28)25-13-6-5-7-14-25;1-4-31(28(32)35-25-11-9-23(33-3)10-12-25)19-21-5-7-24(8-6-21)34-18-15-26-20(2)36-27(30-26)22-13-16-29-17-14-22/h5-8,10-20H,4,21H2,1-3H3;5-14,16-17H,4,15,18-19H2,1-3H3. The van der Waals surface area contributed by atoms with Gasteiger partial charge in [-0.2, -0.15) is 0 Å². The van der Waals surface area contributed by atoms with E-state index in [0.717, 1.165) is 62.1 Å². The summed E-state index contributed by atoms with van der Waals surface area (Å²) in [6.07, 6.45) is 7.18. The molecule has 0 fully saturated rings. The van der Waals surface area contributed by atoms with Crippen LogP contribution in [0.1, 0.15) is 52.6 Å². The van der Waals surface area contributed by atoms with E-state index in [9.17, 15) is 9.59 Å². The fourth-order valence-corrected chi connectivity index (χ4v) is 8.11. The predicted octanol–water partition coefficient (Wildman–Crippen LogP) is 13.2. The summed E-state index contributed by atoms with van der Waals surface area (Å²) in [5, 5.41) is 1.00. The normalized spacial score (nSPS) is 10.5. The van der Waals surface area contributed by atoms with E-state index in [1.807, 2.05) is 124 Å². The lowest BCUT2D eigenvalue weighted by Crippen LogP contribution is -2.32. The van der Waals surface area contributed by atoms with Crippen LogP contribution in [0, 0.1) is 13.8 Å². The quantitative estimate of drug-likeness (QED) is 0.0759. The van der Waals surface area contributed by atoms with E-state index in [0.29, 0.717) is 61.7 Å². The van der Waals surface area contributed by atoms with Gasteiger partial charge in [-0.15, -0.1) is 17.1 Å². The van der Waals surface area contributed by atoms with Gasteiger partial charge in [0.25, 0.3) is 0 Å². The van der Waals surface area contributed by atoms with Gasteiger partial charge >= 0.3 is 12.2 Å². The Labute approximate surface area is 424 Å². The summed E-state index contributed by atoms with van der Waals surface area (Å²) < 4.78 is 33.0. The van der Waals surface area contributed by atoms with Gasteiger partial charge in [0.05, 0.1) is 26.5 Å². The maximum atomic E-state index is 12.7. The lowest BCUT2D eigenvalue weighted by molar-refractivity contribution is 0.151. The molecule has 72 heavy (non-hydrogen) atoms. The minimum absolute atomic E-state index is 0.396. The molecule has 0 atom stereocenters. The van der Waals surface area contributed by atoms with Gasteiger partial charge < -0.3 is 37.9 Å². The molecule has 0 aliphatic heterocycles. The highest BCUT2D eigenvalue weighted by atomic mass is 32.1. The van der Waals surface area contributed by atoms with Crippen LogP contribution >= 0.6 is 11.3 Å². The van der Waals surface area contributed by atoms with Crippen LogP contribution < -0.4 is 23.7 Å². The largest absolute Gasteiger partial charge is 0.497 e. The first-order chi connectivity index (χ1) is 35.1. The third-order valence-electron chi connectivity index (χ3n) is 11.2. The number of hydrogen-bond donors (Lipinski definition) is 0. The molecule has 5 aromatic carbocycles. The van der Waals surface area contributed by atoms with Crippen LogP contribution in [0.3, 0.4) is 0 Å². The number of rotatable bonds is 18. The van der Waals surface area contributed by atoms with Crippen LogP contribution in [0.2, 0.25) is 0 Å². The molecule has 13 nitrogen and oxygen atoms in total. The molecule has 14 heteroatoms. The number of carbonyl (C=O) groups excluding carboxylic acids is 2. The van der Waals surface area contributed by atoms with E-state index in [2.05, 4.69) is 22.6 Å². The zero-order valence-electron chi connectivity index (χ0n) is 41.2. The smallest absolute Gasteiger partial charge is 0.415 e. The summed E-state index contributed by atoms with van der Waals surface area (Å²) >= 11 is 1.69. The van der Waals surface area contributed by atoms with Gasteiger partial charge in [0.1, 0.15) is 45.2 Å². The lowest BCUT2D eigenvalue weighted by atomic mass is 10.1. The molecule has 0 unspecified atom stereocenters. The number of amides is 2. The minimum Gasteiger partial charge on any atom is -0.497 e. The molecular formula is C58H57N5O8S. The van der Waals surface area contributed by atoms with Crippen molar-refractivity contribution in [3.8, 4) is 50.8 Å². The Morgan fingerprint density at radius 1 is 0.639 bits per heavy atom. The predicted molar refractivity (Wildman–Crippen MR) is 281 cm³/mol. The van der Waals surface area contributed by atoms with Gasteiger partial charge in [-0.3, -0.25) is 4.98 Å². The van der Waals surface area contributed by atoms with Gasteiger partial charge in [0, 0.05) is 67.1 Å². The molecule has 3 heterocycles. The highest BCUT2D eigenvalue weighted by Gasteiger charge is 2.17. The Balaban J connectivity index is 0.000000211. The molecule has 0 bridgehead atoms. The molecule has 8 aromatic rings. The second-order valence-electron chi connectivity index (χ2n) is 16.1. The van der Waals surface area contributed by atoms with Crippen molar-refractivity contribution in [3.05, 3.63) is 196 Å². The molecule has 2 amide bonds. The van der Waals surface area contributed by atoms with Crippen LogP contribution in [0.5, 0.6) is 28.7 Å². The Kier molecular flexibility index (Phi) is 18.5. The van der Waals surface area contributed by atoms with Crippen LogP contribution in [0.25, 0.3) is 34.2 Å². The average Bonchev–Trinajstić information content (AvgIpc) is 3.99. The van der Waals surface area contributed by atoms with E-state index in [-0.39, 0.29) is 0 Å². The zero-order valence-corrected chi connectivity index (χ0v) is 42.1. The first-order valence-electron chi connectivity index (χ1n) is 23.5. The number of aromatic nitrogens is 3. The van der Waals surface area contributed by atoms with Gasteiger partial charge in [-0.05, 0) is 141 Å².